The molecule has 0 radical (unpaired) electrons. The first kappa shape index (κ1) is 23.1. The Labute approximate surface area is 190 Å². The number of nitrogens with one attached hydrogen (secondary N) is 1. The van der Waals surface area contributed by atoms with E-state index >= 15 is 0 Å². The second kappa shape index (κ2) is 9.68. The van der Waals surface area contributed by atoms with Crippen molar-refractivity contribution >= 4 is 43.5 Å². The van der Waals surface area contributed by atoms with Gasteiger partial charge in [-0.05, 0) is 55.7 Å². The van der Waals surface area contributed by atoms with E-state index in [4.69, 9.17) is 16.3 Å². The first-order valence-electron chi connectivity index (χ1n) is 9.62. The summed E-state index contributed by atoms with van der Waals surface area (Å²) in [5, 5.41) is 3.36. The van der Waals surface area contributed by atoms with Gasteiger partial charge in [0.05, 0.1) is 13.2 Å². The van der Waals surface area contributed by atoms with E-state index in [0.717, 1.165) is 10.0 Å². The van der Waals surface area contributed by atoms with Gasteiger partial charge in [-0.1, -0.05) is 39.7 Å². The molecule has 2 aromatic carbocycles. The summed E-state index contributed by atoms with van der Waals surface area (Å²) in [5.74, 6) is -0.0269. The van der Waals surface area contributed by atoms with Gasteiger partial charge in [0.1, 0.15) is 10.6 Å². The minimum Gasteiger partial charge on any atom is -0.495 e. The van der Waals surface area contributed by atoms with Gasteiger partial charge in [0.15, 0.2) is 0 Å². The quantitative estimate of drug-likeness (QED) is 0.619. The summed E-state index contributed by atoms with van der Waals surface area (Å²) in [5.41, 5.74) is 1.01. The zero-order valence-electron chi connectivity index (χ0n) is 16.8. The van der Waals surface area contributed by atoms with E-state index in [0.29, 0.717) is 17.9 Å². The number of halogens is 2. The first-order chi connectivity index (χ1) is 14.2. The normalized spacial score (nSPS) is 16.8. The summed E-state index contributed by atoms with van der Waals surface area (Å²) in [4.78, 5) is 12.7. The van der Waals surface area contributed by atoms with E-state index in [-0.39, 0.29) is 41.6 Å². The van der Waals surface area contributed by atoms with Gasteiger partial charge in [-0.25, -0.2) is 8.42 Å². The van der Waals surface area contributed by atoms with Gasteiger partial charge in [-0.15, -0.1) is 0 Å². The van der Waals surface area contributed by atoms with Crippen LogP contribution in [-0.4, -0.2) is 38.8 Å². The fourth-order valence-corrected chi connectivity index (χ4v) is 5.67. The van der Waals surface area contributed by atoms with Crippen molar-refractivity contribution in [2.75, 3.05) is 20.2 Å². The van der Waals surface area contributed by atoms with Crippen LogP contribution in [0.25, 0.3) is 0 Å². The molecule has 0 bridgehead atoms. The number of hydrogen-bond acceptors (Lipinski definition) is 4. The monoisotopic (exact) mass is 514 g/mol. The van der Waals surface area contributed by atoms with E-state index < -0.39 is 10.0 Å². The molecule has 162 valence electrons. The molecule has 1 fully saturated rings. The number of methoxy groups -OCH3 is 1. The third-order valence-corrected chi connectivity index (χ3v) is 7.98. The zero-order chi connectivity index (χ0) is 21.9. The molecule has 6 nitrogen and oxygen atoms in total. The van der Waals surface area contributed by atoms with Crippen LogP contribution in [0, 0.1) is 5.92 Å². The van der Waals surface area contributed by atoms with Gasteiger partial charge >= 0.3 is 0 Å². The number of carbonyl (C=O) groups is 1. The summed E-state index contributed by atoms with van der Waals surface area (Å²) in [7, 11) is -2.34. The summed E-state index contributed by atoms with van der Waals surface area (Å²) in [6.07, 6.45) is 0.919. The van der Waals surface area contributed by atoms with Crippen molar-refractivity contribution in [1.82, 2.24) is 9.62 Å². The predicted octanol–water partition coefficient (Wildman–Crippen LogP) is 4.39. The maximum Gasteiger partial charge on any atom is 0.246 e. The molecular formula is C21H24BrClN2O4S. The predicted molar refractivity (Wildman–Crippen MR) is 120 cm³/mol. The van der Waals surface area contributed by atoms with Crippen LogP contribution in [0.2, 0.25) is 5.02 Å². The van der Waals surface area contributed by atoms with Gasteiger partial charge in [0, 0.05) is 28.5 Å². The van der Waals surface area contributed by atoms with Crippen molar-refractivity contribution in [1.29, 1.82) is 0 Å². The molecule has 1 saturated heterocycles. The summed E-state index contributed by atoms with van der Waals surface area (Å²) in [6, 6.07) is 12.2. The minimum atomic E-state index is -3.76. The van der Waals surface area contributed by atoms with E-state index in [1.165, 1.54) is 17.5 Å². The van der Waals surface area contributed by atoms with E-state index in [1.807, 2.05) is 31.2 Å². The lowest BCUT2D eigenvalue weighted by molar-refractivity contribution is -0.126. The molecule has 1 amide bonds. The lowest BCUT2D eigenvalue weighted by atomic mass is 9.96. The average molecular weight is 516 g/mol. The smallest absolute Gasteiger partial charge is 0.246 e. The maximum atomic E-state index is 13.1. The van der Waals surface area contributed by atoms with E-state index in [2.05, 4.69) is 21.2 Å². The van der Waals surface area contributed by atoms with E-state index in [1.54, 1.807) is 12.1 Å². The highest BCUT2D eigenvalue weighted by Crippen LogP contribution is 2.32. The SMILES string of the molecule is COc1ccc(Cl)cc1S(=O)(=O)N1CCC(C(=O)NC(C)c2ccc(Br)cc2)CC1. The summed E-state index contributed by atoms with van der Waals surface area (Å²) < 4.78 is 33.7. The van der Waals surface area contributed by atoms with Gasteiger partial charge in [0.2, 0.25) is 15.9 Å². The van der Waals surface area contributed by atoms with E-state index in [9.17, 15) is 13.2 Å². The Bertz CT molecular complexity index is 1010. The Hall–Kier alpha value is -1.61. The van der Waals surface area contributed by atoms with Crippen molar-refractivity contribution in [3.8, 4) is 5.75 Å². The number of sulfonamides is 1. The van der Waals surface area contributed by atoms with Crippen LogP contribution >= 0.6 is 27.5 Å². The fraction of sp³-hybridized carbons (Fsp3) is 0.381. The lowest BCUT2D eigenvalue weighted by Crippen LogP contribution is -2.43. The number of amides is 1. The topological polar surface area (TPSA) is 75.7 Å². The largest absolute Gasteiger partial charge is 0.495 e. The molecule has 1 N–H and O–H groups in total. The average Bonchev–Trinajstić information content (AvgIpc) is 2.74. The van der Waals surface area contributed by atoms with Crippen LogP contribution in [0.5, 0.6) is 5.75 Å². The van der Waals surface area contributed by atoms with Gasteiger partial charge in [-0.2, -0.15) is 4.31 Å². The molecule has 1 aliphatic heterocycles. The number of ether oxygens (including phenoxy) is 1. The minimum absolute atomic E-state index is 0.0456. The number of carbonyl (C=O) groups excluding carboxylic acids is 1. The lowest BCUT2D eigenvalue weighted by Gasteiger charge is -2.31. The van der Waals surface area contributed by atoms with Crippen molar-refractivity contribution in [2.24, 2.45) is 5.92 Å². The Kier molecular flexibility index (Phi) is 7.44. The van der Waals surface area contributed by atoms with Gasteiger partial charge in [0.25, 0.3) is 0 Å². The number of nitrogens with zero attached hydrogens (tertiary/aromatic N) is 1. The van der Waals surface area contributed by atoms with Crippen molar-refractivity contribution in [3.05, 3.63) is 57.5 Å². The molecule has 1 aliphatic rings. The molecule has 9 heteroatoms. The summed E-state index contributed by atoms with van der Waals surface area (Å²) in [6.45, 7) is 2.47. The van der Waals surface area contributed by atoms with Crippen LogP contribution in [0.4, 0.5) is 0 Å². The Balaban J connectivity index is 1.63. The molecule has 1 unspecified atom stereocenters. The molecule has 0 spiro atoms. The number of benzene rings is 2. The third kappa shape index (κ3) is 5.17. The fourth-order valence-electron chi connectivity index (χ4n) is 3.52. The molecule has 2 aromatic rings. The Morgan fingerprint density at radius 3 is 2.43 bits per heavy atom. The molecule has 1 atom stereocenters. The molecule has 0 aliphatic carbocycles. The molecule has 1 heterocycles. The van der Waals surface area contributed by atoms with Crippen LogP contribution in [0.15, 0.2) is 51.8 Å². The zero-order valence-corrected chi connectivity index (χ0v) is 19.9. The maximum absolute atomic E-state index is 13.1. The van der Waals surface area contributed by atoms with Crippen LogP contribution in [-0.2, 0) is 14.8 Å². The second-order valence-electron chi connectivity index (χ2n) is 7.26. The first-order valence-corrected chi connectivity index (χ1v) is 12.2. The Morgan fingerprint density at radius 2 is 1.83 bits per heavy atom. The molecular weight excluding hydrogens is 492 g/mol. The molecule has 0 aromatic heterocycles. The van der Waals surface area contributed by atoms with Gasteiger partial charge in [-0.3, -0.25) is 4.79 Å². The van der Waals surface area contributed by atoms with Crippen molar-refractivity contribution in [2.45, 2.75) is 30.7 Å². The number of hydrogen-bond donors (Lipinski definition) is 1. The molecule has 0 saturated carbocycles. The second-order valence-corrected chi connectivity index (χ2v) is 10.5. The highest BCUT2D eigenvalue weighted by atomic mass is 79.9. The summed E-state index contributed by atoms with van der Waals surface area (Å²) >= 11 is 9.40. The van der Waals surface area contributed by atoms with Crippen LogP contribution < -0.4 is 10.1 Å². The van der Waals surface area contributed by atoms with Gasteiger partial charge < -0.3 is 10.1 Å². The third-order valence-electron chi connectivity index (χ3n) is 5.30. The number of rotatable bonds is 6. The van der Waals surface area contributed by atoms with Crippen molar-refractivity contribution in [3.63, 3.8) is 0 Å². The highest BCUT2D eigenvalue weighted by molar-refractivity contribution is 9.10. The standard InChI is InChI=1S/C21H24BrClN2O4S/c1-14(15-3-5-17(22)6-4-15)24-21(26)16-9-11-25(12-10-16)30(27,28)20-13-18(23)7-8-19(20)29-2/h3-8,13-14,16H,9-12H2,1-2H3,(H,24,26). The number of piperidine rings is 1. The molecule has 30 heavy (non-hydrogen) atoms. The van der Waals surface area contributed by atoms with Crippen LogP contribution in [0.3, 0.4) is 0 Å². The van der Waals surface area contributed by atoms with Crippen molar-refractivity contribution < 1.29 is 17.9 Å². The Morgan fingerprint density at radius 1 is 1.20 bits per heavy atom. The van der Waals surface area contributed by atoms with Crippen LogP contribution in [0.1, 0.15) is 31.4 Å². The molecule has 3 rings (SSSR count). The highest BCUT2D eigenvalue weighted by Gasteiger charge is 2.34.